The number of fused-ring (bicyclic) bond motifs is 1. The molecule has 0 spiro atoms. The van der Waals surface area contributed by atoms with Crippen LogP contribution in [-0.2, 0) is 11.2 Å². The van der Waals surface area contributed by atoms with Crippen molar-refractivity contribution in [3.05, 3.63) is 59.3 Å². The van der Waals surface area contributed by atoms with Gasteiger partial charge in [0.2, 0.25) is 5.91 Å². The van der Waals surface area contributed by atoms with Crippen molar-refractivity contribution in [1.82, 2.24) is 25.2 Å². The summed E-state index contributed by atoms with van der Waals surface area (Å²) in [5.74, 6) is -0.387. The number of carbonyl (C=O) groups excluding carboxylic acids is 2. The first-order valence-corrected chi connectivity index (χ1v) is 9.61. The van der Waals surface area contributed by atoms with E-state index in [-0.39, 0.29) is 11.8 Å². The third-order valence-electron chi connectivity index (χ3n) is 4.93. The average molecular weight is 398 g/mol. The van der Waals surface area contributed by atoms with E-state index in [9.17, 15) is 9.59 Å². The number of H-pyrrole nitrogens is 1. The number of hydrogen-bond acceptors (Lipinski definition) is 4. The Morgan fingerprint density at radius 1 is 1.21 bits per heavy atom. The molecule has 8 heteroatoms. The van der Waals surface area contributed by atoms with Gasteiger partial charge in [-0.1, -0.05) is 11.6 Å². The van der Waals surface area contributed by atoms with Crippen LogP contribution in [0.15, 0.2) is 42.9 Å². The standard InChI is InChI=1S/C20H20ClN5O2/c21-18-11-14-10-15(24-17(14)12-23-18)19(27)25-16(9-13-3-5-22-6-4-13)20(28)26-7-1-2-8-26/h3-6,10-12,16,24H,1-2,7-9H2,(H,25,27)/t16-/m0/s1. The molecule has 0 aliphatic carbocycles. The third kappa shape index (κ3) is 3.99. The number of likely N-dealkylation sites (tertiary alicyclic amines) is 1. The number of aromatic nitrogens is 3. The van der Waals surface area contributed by atoms with E-state index in [1.807, 2.05) is 17.0 Å². The third-order valence-corrected chi connectivity index (χ3v) is 5.13. The first-order valence-electron chi connectivity index (χ1n) is 9.23. The molecule has 4 heterocycles. The molecule has 28 heavy (non-hydrogen) atoms. The number of halogens is 1. The van der Waals surface area contributed by atoms with E-state index in [0.717, 1.165) is 36.9 Å². The summed E-state index contributed by atoms with van der Waals surface area (Å²) in [7, 11) is 0. The minimum Gasteiger partial charge on any atom is -0.349 e. The second-order valence-electron chi connectivity index (χ2n) is 6.90. The molecule has 1 fully saturated rings. The van der Waals surface area contributed by atoms with Crippen molar-refractivity contribution >= 4 is 34.3 Å². The van der Waals surface area contributed by atoms with Gasteiger partial charge >= 0.3 is 0 Å². The van der Waals surface area contributed by atoms with Crippen LogP contribution in [0.5, 0.6) is 0 Å². The number of nitrogens with zero attached hydrogens (tertiary/aromatic N) is 3. The Morgan fingerprint density at radius 3 is 2.71 bits per heavy atom. The molecule has 1 aliphatic heterocycles. The Hall–Kier alpha value is -2.93. The van der Waals surface area contributed by atoms with Gasteiger partial charge in [-0.15, -0.1) is 0 Å². The van der Waals surface area contributed by atoms with Gasteiger partial charge in [0.05, 0.1) is 11.7 Å². The Morgan fingerprint density at radius 2 is 1.96 bits per heavy atom. The van der Waals surface area contributed by atoms with Crippen LogP contribution in [0.2, 0.25) is 5.15 Å². The molecule has 0 radical (unpaired) electrons. The molecule has 2 amide bonds. The molecule has 7 nitrogen and oxygen atoms in total. The van der Waals surface area contributed by atoms with Gasteiger partial charge in [-0.3, -0.25) is 14.6 Å². The second-order valence-corrected chi connectivity index (χ2v) is 7.28. The smallest absolute Gasteiger partial charge is 0.268 e. The van der Waals surface area contributed by atoms with Gasteiger partial charge < -0.3 is 15.2 Å². The number of pyridine rings is 2. The lowest BCUT2D eigenvalue weighted by Gasteiger charge is -2.24. The quantitative estimate of drug-likeness (QED) is 0.647. The predicted molar refractivity (Wildman–Crippen MR) is 106 cm³/mol. The van der Waals surface area contributed by atoms with Crippen LogP contribution in [0.3, 0.4) is 0 Å². The van der Waals surface area contributed by atoms with Crippen LogP contribution in [0.25, 0.3) is 10.9 Å². The zero-order valence-corrected chi connectivity index (χ0v) is 15.9. The highest BCUT2D eigenvalue weighted by atomic mass is 35.5. The van der Waals surface area contributed by atoms with E-state index < -0.39 is 6.04 Å². The fourth-order valence-electron chi connectivity index (χ4n) is 3.48. The summed E-state index contributed by atoms with van der Waals surface area (Å²) in [5, 5.41) is 4.05. The normalized spacial score (nSPS) is 15.0. The molecule has 2 N–H and O–H groups in total. The van der Waals surface area contributed by atoms with Gasteiger partial charge in [0.1, 0.15) is 16.9 Å². The van der Waals surface area contributed by atoms with Crippen LogP contribution >= 0.6 is 11.6 Å². The number of rotatable bonds is 5. The molecule has 0 bridgehead atoms. The van der Waals surface area contributed by atoms with Crippen molar-refractivity contribution in [2.45, 2.75) is 25.3 Å². The average Bonchev–Trinajstić information content (AvgIpc) is 3.37. The molecule has 3 aromatic heterocycles. The van der Waals surface area contributed by atoms with E-state index in [0.29, 0.717) is 22.8 Å². The summed E-state index contributed by atoms with van der Waals surface area (Å²) in [5.41, 5.74) is 2.03. The van der Waals surface area contributed by atoms with Gasteiger partial charge in [-0.2, -0.15) is 0 Å². The van der Waals surface area contributed by atoms with Crippen LogP contribution in [0.1, 0.15) is 28.9 Å². The highest BCUT2D eigenvalue weighted by Crippen LogP contribution is 2.18. The van der Waals surface area contributed by atoms with Gasteiger partial charge in [0, 0.05) is 37.3 Å². The first-order chi connectivity index (χ1) is 13.6. The molecule has 1 aliphatic rings. The summed E-state index contributed by atoms with van der Waals surface area (Å²) in [6.07, 6.45) is 7.36. The number of carbonyl (C=O) groups is 2. The zero-order chi connectivity index (χ0) is 19.5. The molecule has 0 saturated carbocycles. The maximum Gasteiger partial charge on any atom is 0.268 e. The van der Waals surface area contributed by atoms with Gasteiger partial charge in [-0.25, -0.2) is 4.98 Å². The molecule has 1 atom stereocenters. The zero-order valence-electron chi connectivity index (χ0n) is 15.2. The monoisotopic (exact) mass is 397 g/mol. The van der Waals surface area contributed by atoms with Crippen molar-refractivity contribution in [2.24, 2.45) is 0 Å². The van der Waals surface area contributed by atoms with Crippen molar-refractivity contribution in [2.75, 3.05) is 13.1 Å². The molecular formula is C20H20ClN5O2. The number of hydrogen-bond donors (Lipinski definition) is 2. The van der Waals surface area contributed by atoms with Crippen LogP contribution < -0.4 is 5.32 Å². The molecule has 4 rings (SSSR count). The summed E-state index contributed by atoms with van der Waals surface area (Å²) < 4.78 is 0. The van der Waals surface area contributed by atoms with E-state index in [1.165, 1.54) is 0 Å². The first kappa shape index (κ1) is 18.4. The summed E-state index contributed by atoms with van der Waals surface area (Å²) in [6, 6.07) is 6.47. The molecule has 0 aromatic carbocycles. The predicted octanol–water partition coefficient (Wildman–Crippen LogP) is 2.57. The SMILES string of the molecule is O=C(N[C@@H](Cc1ccncc1)C(=O)N1CCCC1)c1cc2cc(Cl)ncc2[nH]1. The maximum atomic E-state index is 13.0. The summed E-state index contributed by atoms with van der Waals surface area (Å²) in [4.78, 5) is 38.7. The molecule has 1 saturated heterocycles. The minimum atomic E-state index is -0.638. The van der Waals surface area contributed by atoms with E-state index in [4.69, 9.17) is 11.6 Å². The lowest BCUT2D eigenvalue weighted by molar-refractivity contribution is -0.132. The lowest BCUT2D eigenvalue weighted by atomic mass is 10.1. The summed E-state index contributed by atoms with van der Waals surface area (Å²) >= 11 is 5.92. The molecule has 144 valence electrons. The fourth-order valence-corrected chi connectivity index (χ4v) is 3.64. The van der Waals surface area contributed by atoms with Crippen LogP contribution in [0.4, 0.5) is 0 Å². The minimum absolute atomic E-state index is 0.0523. The van der Waals surface area contributed by atoms with E-state index in [2.05, 4.69) is 20.3 Å². The summed E-state index contributed by atoms with van der Waals surface area (Å²) in [6.45, 7) is 1.47. The Kier molecular flexibility index (Phi) is 5.25. The highest BCUT2D eigenvalue weighted by Gasteiger charge is 2.28. The number of amides is 2. The molecular weight excluding hydrogens is 378 g/mol. The number of aromatic amines is 1. The van der Waals surface area contributed by atoms with Crippen LogP contribution in [-0.4, -0.2) is 50.8 Å². The van der Waals surface area contributed by atoms with E-state index in [1.54, 1.807) is 30.7 Å². The van der Waals surface area contributed by atoms with Crippen molar-refractivity contribution in [3.8, 4) is 0 Å². The molecule has 3 aromatic rings. The topological polar surface area (TPSA) is 91.0 Å². The molecule has 0 unspecified atom stereocenters. The Balaban J connectivity index is 1.56. The van der Waals surface area contributed by atoms with Gasteiger partial charge in [0.25, 0.3) is 5.91 Å². The second kappa shape index (κ2) is 7.98. The number of nitrogens with one attached hydrogen (secondary N) is 2. The van der Waals surface area contributed by atoms with Crippen molar-refractivity contribution in [1.29, 1.82) is 0 Å². The lowest BCUT2D eigenvalue weighted by Crippen LogP contribution is -2.49. The maximum absolute atomic E-state index is 13.0. The van der Waals surface area contributed by atoms with Gasteiger partial charge in [-0.05, 0) is 42.7 Å². The van der Waals surface area contributed by atoms with Crippen LogP contribution in [0, 0.1) is 0 Å². The largest absolute Gasteiger partial charge is 0.349 e. The van der Waals surface area contributed by atoms with Crippen molar-refractivity contribution < 1.29 is 9.59 Å². The fraction of sp³-hybridized carbons (Fsp3) is 0.300. The Labute approximate surface area is 167 Å². The van der Waals surface area contributed by atoms with E-state index >= 15 is 0 Å². The van der Waals surface area contributed by atoms with Gasteiger partial charge in [0.15, 0.2) is 0 Å². The highest BCUT2D eigenvalue weighted by molar-refractivity contribution is 6.30. The Bertz CT molecular complexity index is 998. The van der Waals surface area contributed by atoms with Crippen molar-refractivity contribution in [3.63, 3.8) is 0 Å².